The lowest BCUT2D eigenvalue weighted by Crippen LogP contribution is -2.07. The fourth-order valence-electron chi connectivity index (χ4n) is 3.71. The lowest BCUT2D eigenvalue weighted by molar-refractivity contribution is -0.135. The molecule has 2 aromatic carbocycles. The van der Waals surface area contributed by atoms with Crippen LogP contribution in [0.1, 0.15) is 102 Å². The van der Waals surface area contributed by atoms with Crippen LogP contribution in [0.15, 0.2) is 42.5 Å². The monoisotopic (exact) mass is 480 g/mol. The van der Waals surface area contributed by atoms with E-state index in [0.717, 1.165) is 44.1 Å². The van der Waals surface area contributed by atoms with Crippen LogP contribution in [0.4, 0.5) is 0 Å². The van der Waals surface area contributed by atoms with Crippen molar-refractivity contribution in [2.75, 3.05) is 0 Å². The fourth-order valence-corrected chi connectivity index (χ4v) is 3.71. The molecular weight excluding hydrogens is 440 g/mol. The molecule has 0 heterocycles. The second-order valence-electron chi connectivity index (χ2n) is 8.94. The first-order valence-electron chi connectivity index (χ1n) is 13.0. The first kappa shape index (κ1) is 28.2. The van der Waals surface area contributed by atoms with E-state index in [1.165, 1.54) is 31.7 Å². The largest absolute Gasteiger partial charge is 0.508 e. The molecule has 0 unspecified atom stereocenters. The molecule has 1 N–H and O–H groups in total. The highest BCUT2D eigenvalue weighted by atomic mass is 16.5. The number of unbranched alkanes of at least 4 members (excludes halogenated alkanes) is 8. The van der Waals surface area contributed by atoms with Gasteiger partial charge in [-0.1, -0.05) is 89.5 Å². The van der Waals surface area contributed by atoms with Gasteiger partial charge in [-0.3, -0.25) is 9.59 Å². The average molecular weight is 481 g/mol. The van der Waals surface area contributed by atoms with Crippen LogP contribution >= 0.6 is 0 Å². The van der Waals surface area contributed by atoms with E-state index in [4.69, 9.17) is 9.47 Å². The number of carbonyl (C=O) groups excluding carboxylic acids is 2. The smallest absolute Gasteiger partial charge is 0.311 e. The minimum absolute atomic E-state index is 0.0369. The molecule has 5 heteroatoms. The van der Waals surface area contributed by atoms with Gasteiger partial charge in [0.25, 0.3) is 0 Å². The molecule has 0 fully saturated rings. The van der Waals surface area contributed by atoms with Crippen molar-refractivity contribution >= 4 is 24.1 Å². The van der Waals surface area contributed by atoms with Crippen molar-refractivity contribution in [2.24, 2.45) is 0 Å². The van der Waals surface area contributed by atoms with Gasteiger partial charge in [-0.05, 0) is 48.2 Å². The van der Waals surface area contributed by atoms with Crippen LogP contribution in [0, 0.1) is 0 Å². The van der Waals surface area contributed by atoms with Gasteiger partial charge < -0.3 is 14.6 Å². The lowest BCUT2D eigenvalue weighted by atomic mass is 10.1. The standard InChI is InChI=1S/C30H40O5/c1-3-5-7-9-11-13-29(32)34-27-19-17-24(18-20-27)15-16-25-21-26(31)23-28(22-25)35-30(33)14-12-10-8-6-4-2/h15-23,31H,3-14H2,1-2H3. The van der Waals surface area contributed by atoms with Crippen molar-refractivity contribution in [1.82, 2.24) is 0 Å². The Bertz CT molecular complexity index is 930. The van der Waals surface area contributed by atoms with Crippen LogP contribution in [0.25, 0.3) is 12.2 Å². The Morgan fingerprint density at radius 1 is 0.657 bits per heavy atom. The summed E-state index contributed by atoms with van der Waals surface area (Å²) in [6.45, 7) is 4.33. The predicted octanol–water partition coefficient (Wildman–Crippen LogP) is 8.09. The zero-order valence-electron chi connectivity index (χ0n) is 21.3. The number of phenols is 1. The Morgan fingerprint density at radius 2 is 1.17 bits per heavy atom. The maximum Gasteiger partial charge on any atom is 0.311 e. The van der Waals surface area contributed by atoms with E-state index in [1.807, 2.05) is 24.3 Å². The number of ether oxygens (including phenoxy) is 2. The first-order valence-corrected chi connectivity index (χ1v) is 13.0. The Morgan fingerprint density at radius 3 is 1.74 bits per heavy atom. The summed E-state index contributed by atoms with van der Waals surface area (Å²) in [5, 5.41) is 10.0. The zero-order chi connectivity index (χ0) is 25.3. The van der Waals surface area contributed by atoms with E-state index in [9.17, 15) is 14.7 Å². The van der Waals surface area contributed by atoms with E-state index in [1.54, 1.807) is 24.3 Å². The summed E-state index contributed by atoms with van der Waals surface area (Å²) in [4.78, 5) is 24.1. The molecule has 0 saturated carbocycles. The van der Waals surface area contributed by atoms with E-state index >= 15 is 0 Å². The van der Waals surface area contributed by atoms with E-state index < -0.39 is 0 Å². The molecule has 190 valence electrons. The molecule has 0 spiro atoms. The van der Waals surface area contributed by atoms with Crippen molar-refractivity contribution in [1.29, 1.82) is 0 Å². The lowest BCUT2D eigenvalue weighted by Gasteiger charge is -2.07. The van der Waals surface area contributed by atoms with Crippen molar-refractivity contribution in [3.8, 4) is 17.2 Å². The summed E-state index contributed by atoms with van der Waals surface area (Å²) >= 11 is 0. The van der Waals surface area contributed by atoms with Crippen molar-refractivity contribution in [2.45, 2.75) is 90.9 Å². The van der Waals surface area contributed by atoms with Gasteiger partial charge in [0.1, 0.15) is 17.2 Å². The summed E-state index contributed by atoms with van der Waals surface area (Å²) in [6.07, 6.45) is 15.3. The summed E-state index contributed by atoms with van der Waals surface area (Å²) in [7, 11) is 0. The molecule has 0 aliphatic carbocycles. The van der Waals surface area contributed by atoms with Gasteiger partial charge in [0.15, 0.2) is 0 Å². The SMILES string of the molecule is CCCCCCCC(=O)Oc1ccc(C=Cc2cc(O)cc(OC(=O)CCCCCCC)c2)cc1. The zero-order valence-corrected chi connectivity index (χ0v) is 21.3. The molecule has 0 aliphatic rings. The van der Waals surface area contributed by atoms with Crippen LogP contribution < -0.4 is 9.47 Å². The number of phenolic OH excluding ortho intramolecular Hbond substituents is 1. The third kappa shape index (κ3) is 12.3. The van der Waals surface area contributed by atoms with Gasteiger partial charge in [-0.25, -0.2) is 0 Å². The molecule has 0 saturated heterocycles. The quantitative estimate of drug-likeness (QED) is 0.114. The molecule has 5 nitrogen and oxygen atoms in total. The highest BCUT2D eigenvalue weighted by Crippen LogP contribution is 2.24. The van der Waals surface area contributed by atoms with Crippen LogP contribution in [0.5, 0.6) is 17.2 Å². The molecule has 2 rings (SSSR count). The second kappa shape index (κ2) is 16.5. The molecule has 0 bridgehead atoms. The van der Waals surface area contributed by atoms with Gasteiger partial charge in [0.05, 0.1) is 0 Å². The highest BCUT2D eigenvalue weighted by Gasteiger charge is 2.07. The highest BCUT2D eigenvalue weighted by molar-refractivity contribution is 5.75. The molecule has 0 amide bonds. The number of esters is 2. The maximum atomic E-state index is 12.1. The number of benzene rings is 2. The molecule has 0 aliphatic heterocycles. The summed E-state index contributed by atoms with van der Waals surface area (Å²) < 4.78 is 10.8. The number of hydrogen-bond donors (Lipinski definition) is 1. The normalized spacial score (nSPS) is 11.0. The van der Waals surface area contributed by atoms with Gasteiger partial charge >= 0.3 is 11.9 Å². The van der Waals surface area contributed by atoms with Crippen LogP contribution in [0.2, 0.25) is 0 Å². The van der Waals surface area contributed by atoms with E-state index in [2.05, 4.69) is 13.8 Å². The second-order valence-corrected chi connectivity index (χ2v) is 8.94. The van der Waals surface area contributed by atoms with E-state index in [-0.39, 0.29) is 17.7 Å². The number of rotatable bonds is 16. The van der Waals surface area contributed by atoms with Crippen molar-refractivity contribution in [3.63, 3.8) is 0 Å². The molecule has 0 aromatic heterocycles. The van der Waals surface area contributed by atoms with Gasteiger partial charge in [-0.2, -0.15) is 0 Å². The Labute approximate surface area is 210 Å². The van der Waals surface area contributed by atoms with E-state index in [0.29, 0.717) is 29.9 Å². The summed E-state index contributed by atoms with van der Waals surface area (Å²) in [5.74, 6) is 0.415. The summed E-state index contributed by atoms with van der Waals surface area (Å²) in [6, 6.07) is 12.0. The van der Waals surface area contributed by atoms with Gasteiger partial charge in [0, 0.05) is 18.9 Å². The molecule has 0 radical (unpaired) electrons. The molecule has 2 aromatic rings. The third-order valence-corrected chi connectivity index (χ3v) is 5.69. The average Bonchev–Trinajstić information content (AvgIpc) is 2.83. The molecular formula is C30H40O5. The fraction of sp³-hybridized carbons (Fsp3) is 0.467. The first-order chi connectivity index (χ1) is 17.0. The predicted molar refractivity (Wildman–Crippen MR) is 141 cm³/mol. The van der Waals surface area contributed by atoms with Crippen LogP contribution in [-0.2, 0) is 9.59 Å². The molecule has 35 heavy (non-hydrogen) atoms. The Balaban J connectivity index is 1.84. The van der Waals surface area contributed by atoms with Crippen molar-refractivity contribution < 1.29 is 24.2 Å². The Hall–Kier alpha value is -3.08. The number of carbonyl (C=O) groups is 2. The number of hydrogen-bond acceptors (Lipinski definition) is 5. The van der Waals surface area contributed by atoms with Gasteiger partial charge in [-0.15, -0.1) is 0 Å². The summed E-state index contributed by atoms with van der Waals surface area (Å²) in [5.41, 5.74) is 1.63. The Kier molecular flexibility index (Phi) is 13.3. The van der Waals surface area contributed by atoms with Crippen LogP contribution in [0.3, 0.4) is 0 Å². The molecule has 0 atom stereocenters. The minimum atomic E-state index is -0.284. The van der Waals surface area contributed by atoms with Crippen molar-refractivity contribution in [3.05, 3.63) is 53.6 Å². The minimum Gasteiger partial charge on any atom is -0.508 e. The topological polar surface area (TPSA) is 72.8 Å². The maximum absolute atomic E-state index is 12.1. The third-order valence-electron chi connectivity index (χ3n) is 5.69. The number of aromatic hydroxyl groups is 1. The van der Waals surface area contributed by atoms with Gasteiger partial charge in [0.2, 0.25) is 0 Å². The van der Waals surface area contributed by atoms with Crippen LogP contribution in [-0.4, -0.2) is 17.0 Å².